The van der Waals surface area contributed by atoms with Crippen LogP contribution in [-0.4, -0.2) is 61.0 Å². The Morgan fingerprint density at radius 1 is 0.821 bits per heavy atom. The molecule has 0 radical (unpaired) electrons. The molecule has 0 aromatic carbocycles. The zero-order chi connectivity index (χ0) is 19.1. The third kappa shape index (κ3) is 3.59. The van der Waals surface area contributed by atoms with Gasteiger partial charge in [0.05, 0.1) is 18.6 Å². The van der Waals surface area contributed by atoms with Crippen LogP contribution in [0.5, 0.6) is 0 Å². The van der Waals surface area contributed by atoms with Crippen LogP contribution in [0.2, 0.25) is 0 Å². The fourth-order valence-electron chi connectivity index (χ4n) is 7.43. The van der Waals surface area contributed by atoms with Crippen LogP contribution in [0, 0.1) is 29.1 Å². The van der Waals surface area contributed by atoms with Gasteiger partial charge in [0, 0.05) is 32.6 Å². The van der Waals surface area contributed by atoms with Crippen LogP contribution in [0.1, 0.15) is 64.2 Å². The van der Waals surface area contributed by atoms with E-state index < -0.39 is 0 Å². The molecule has 2 amide bonds. The van der Waals surface area contributed by atoms with Crippen molar-refractivity contribution in [2.75, 3.05) is 39.4 Å². The maximum Gasteiger partial charge on any atom is 0.228 e. The number of piperidine rings is 1. The van der Waals surface area contributed by atoms with Crippen LogP contribution < -0.4 is 0 Å². The second-order valence-electron chi connectivity index (χ2n) is 10.5. The van der Waals surface area contributed by atoms with Gasteiger partial charge in [0.1, 0.15) is 0 Å². The maximum atomic E-state index is 13.5. The number of likely N-dealkylation sites (tertiary alicyclic amines) is 1. The second kappa shape index (κ2) is 7.62. The Balaban J connectivity index is 1.10. The van der Waals surface area contributed by atoms with Crippen molar-refractivity contribution in [3.05, 3.63) is 0 Å². The lowest BCUT2D eigenvalue weighted by Crippen LogP contribution is -2.55. The summed E-state index contributed by atoms with van der Waals surface area (Å²) in [6.07, 6.45) is 11.5. The van der Waals surface area contributed by atoms with Crippen molar-refractivity contribution in [2.24, 2.45) is 29.1 Å². The van der Waals surface area contributed by atoms with E-state index in [0.717, 1.165) is 63.2 Å². The van der Waals surface area contributed by atoms with E-state index in [4.69, 9.17) is 4.74 Å². The Labute approximate surface area is 169 Å². The predicted octanol–water partition coefficient (Wildman–Crippen LogP) is 3.08. The van der Waals surface area contributed by atoms with Crippen LogP contribution in [0.4, 0.5) is 0 Å². The average Bonchev–Trinajstić information content (AvgIpc) is 2.71. The van der Waals surface area contributed by atoms with E-state index >= 15 is 0 Å². The smallest absolute Gasteiger partial charge is 0.228 e. The molecule has 2 aliphatic heterocycles. The van der Waals surface area contributed by atoms with Crippen LogP contribution >= 0.6 is 0 Å². The fourth-order valence-corrected chi connectivity index (χ4v) is 7.43. The first kappa shape index (κ1) is 18.9. The van der Waals surface area contributed by atoms with Crippen molar-refractivity contribution >= 4 is 11.8 Å². The van der Waals surface area contributed by atoms with Crippen molar-refractivity contribution in [2.45, 2.75) is 64.2 Å². The lowest BCUT2D eigenvalue weighted by Gasteiger charge is -2.57. The third-order valence-corrected chi connectivity index (χ3v) is 8.52. The van der Waals surface area contributed by atoms with Gasteiger partial charge in [-0.1, -0.05) is 0 Å². The maximum absolute atomic E-state index is 13.5. The predicted molar refractivity (Wildman–Crippen MR) is 107 cm³/mol. The minimum atomic E-state index is 0.00782. The van der Waals surface area contributed by atoms with Gasteiger partial charge >= 0.3 is 0 Å². The molecule has 4 saturated carbocycles. The van der Waals surface area contributed by atoms with Crippen LogP contribution in [-0.2, 0) is 14.3 Å². The van der Waals surface area contributed by atoms with Crippen LogP contribution in [0.25, 0.3) is 0 Å². The lowest BCUT2D eigenvalue weighted by molar-refractivity contribution is -0.159. The van der Waals surface area contributed by atoms with Gasteiger partial charge < -0.3 is 14.5 Å². The number of carbonyl (C=O) groups excluding carboxylic acids is 2. The molecule has 2 saturated heterocycles. The monoisotopic (exact) mass is 388 g/mol. The number of nitrogens with zero attached hydrogens (tertiary/aromatic N) is 2. The number of amides is 2. The van der Waals surface area contributed by atoms with Gasteiger partial charge in [-0.15, -0.1) is 0 Å². The molecule has 0 aromatic heterocycles. The topological polar surface area (TPSA) is 49.9 Å². The molecule has 5 heteroatoms. The van der Waals surface area contributed by atoms with E-state index in [1.807, 2.05) is 4.90 Å². The number of hydrogen-bond acceptors (Lipinski definition) is 3. The highest BCUT2D eigenvalue weighted by Gasteiger charge is 2.55. The quantitative estimate of drug-likeness (QED) is 0.744. The molecular weight excluding hydrogens is 352 g/mol. The van der Waals surface area contributed by atoms with Crippen molar-refractivity contribution in [1.29, 1.82) is 0 Å². The molecule has 6 rings (SSSR count). The zero-order valence-electron chi connectivity index (χ0n) is 17.2. The molecule has 5 nitrogen and oxygen atoms in total. The molecule has 2 heterocycles. The summed E-state index contributed by atoms with van der Waals surface area (Å²) in [7, 11) is 0. The highest BCUT2D eigenvalue weighted by Crippen LogP contribution is 2.60. The first-order valence-electron chi connectivity index (χ1n) is 11.8. The molecular formula is C23H36N2O3. The first-order valence-corrected chi connectivity index (χ1v) is 11.8. The van der Waals surface area contributed by atoms with Gasteiger partial charge in [-0.2, -0.15) is 0 Å². The SMILES string of the molecule is O=C(CCC1CCN(C(=O)C23CC4CC(CC(C4)C2)C3)CC1)N1CCOCC1. The summed E-state index contributed by atoms with van der Waals surface area (Å²) in [6, 6.07) is 0. The number of rotatable bonds is 4. The molecule has 4 aliphatic carbocycles. The molecule has 28 heavy (non-hydrogen) atoms. The van der Waals surface area contributed by atoms with Gasteiger partial charge in [0.2, 0.25) is 11.8 Å². The van der Waals surface area contributed by atoms with Crippen molar-refractivity contribution in [3.8, 4) is 0 Å². The molecule has 0 unspecified atom stereocenters. The van der Waals surface area contributed by atoms with Gasteiger partial charge in [-0.25, -0.2) is 0 Å². The molecule has 4 bridgehead atoms. The fraction of sp³-hybridized carbons (Fsp3) is 0.913. The van der Waals surface area contributed by atoms with E-state index in [1.165, 1.54) is 38.5 Å². The number of ether oxygens (including phenoxy) is 1. The van der Waals surface area contributed by atoms with E-state index in [9.17, 15) is 9.59 Å². The summed E-state index contributed by atoms with van der Waals surface area (Å²) < 4.78 is 5.33. The molecule has 6 aliphatic rings. The largest absolute Gasteiger partial charge is 0.378 e. The summed E-state index contributed by atoms with van der Waals surface area (Å²) in [5.41, 5.74) is 0.00782. The Kier molecular flexibility index (Phi) is 5.14. The average molecular weight is 389 g/mol. The van der Waals surface area contributed by atoms with Crippen molar-refractivity contribution in [3.63, 3.8) is 0 Å². The Bertz CT molecular complexity index is 570. The lowest BCUT2D eigenvalue weighted by atomic mass is 9.49. The van der Waals surface area contributed by atoms with Crippen molar-refractivity contribution < 1.29 is 14.3 Å². The highest BCUT2D eigenvalue weighted by molar-refractivity contribution is 5.83. The minimum Gasteiger partial charge on any atom is -0.378 e. The van der Waals surface area contributed by atoms with E-state index in [-0.39, 0.29) is 11.3 Å². The zero-order valence-corrected chi connectivity index (χ0v) is 17.2. The molecule has 0 spiro atoms. The standard InChI is InChI=1S/C23H36N2O3/c26-21(24-7-9-28-10-8-24)2-1-17-3-5-25(6-4-17)22(27)23-14-18-11-19(15-23)13-20(12-18)16-23/h17-20H,1-16H2. The normalized spacial score (nSPS) is 38.1. The van der Waals surface area contributed by atoms with Gasteiger partial charge in [0.25, 0.3) is 0 Å². The van der Waals surface area contributed by atoms with Gasteiger partial charge in [0.15, 0.2) is 0 Å². The number of morpholine rings is 1. The minimum absolute atomic E-state index is 0.00782. The molecule has 0 N–H and O–H groups in total. The Morgan fingerprint density at radius 2 is 1.39 bits per heavy atom. The first-order chi connectivity index (χ1) is 13.6. The Morgan fingerprint density at radius 3 is 1.96 bits per heavy atom. The molecule has 6 fully saturated rings. The van der Waals surface area contributed by atoms with Gasteiger partial charge in [-0.3, -0.25) is 9.59 Å². The van der Waals surface area contributed by atoms with Crippen LogP contribution in [0.15, 0.2) is 0 Å². The summed E-state index contributed by atoms with van der Waals surface area (Å²) in [6.45, 7) is 4.68. The van der Waals surface area contributed by atoms with E-state index in [2.05, 4.69) is 4.90 Å². The van der Waals surface area contributed by atoms with Gasteiger partial charge in [-0.05, 0) is 81.5 Å². The van der Waals surface area contributed by atoms with E-state index in [0.29, 0.717) is 31.5 Å². The highest BCUT2D eigenvalue weighted by atomic mass is 16.5. The summed E-state index contributed by atoms with van der Waals surface area (Å²) in [4.78, 5) is 30.0. The van der Waals surface area contributed by atoms with Crippen molar-refractivity contribution in [1.82, 2.24) is 9.80 Å². The summed E-state index contributed by atoms with van der Waals surface area (Å²) in [5, 5.41) is 0. The summed E-state index contributed by atoms with van der Waals surface area (Å²) in [5.74, 6) is 3.88. The van der Waals surface area contributed by atoms with Crippen LogP contribution in [0.3, 0.4) is 0 Å². The Hall–Kier alpha value is -1.10. The number of hydrogen-bond donors (Lipinski definition) is 0. The molecule has 0 atom stereocenters. The molecule has 0 aromatic rings. The molecule has 156 valence electrons. The third-order valence-electron chi connectivity index (χ3n) is 8.52. The second-order valence-corrected chi connectivity index (χ2v) is 10.5. The summed E-state index contributed by atoms with van der Waals surface area (Å²) >= 11 is 0. The van der Waals surface area contributed by atoms with E-state index in [1.54, 1.807) is 0 Å². The number of carbonyl (C=O) groups is 2.